The lowest BCUT2D eigenvalue weighted by molar-refractivity contribution is 0.594. The minimum absolute atomic E-state index is 0.0344. The molecule has 2 heterocycles. The number of halogens is 1. The first-order valence-electron chi connectivity index (χ1n) is 5.48. The van der Waals surface area contributed by atoms with Crippen molar-refractivity contribution in [2.75, 3.05) is 16.8 Å². The molecule has 0 saturated carbocycles. The van der Waals surface area contributed by atoms with E-state index in [1.54, 1.807) is 18.3 Å². The summed E-state index contributed by atoms with van der Waals surface area (Å²) in [6, 6.07) is 4.56. The molecule has 2 aromatic rings. The average Bonchev–Trinajstić information content (AvgIpc) is 2.47. The summed E-state index contributed by atoms with van der Waals surface area (Å²) < 4.78 is 26.0. The SMILES string of the molecule is CN(c1cccnc1)S(=O)(=O)c1cnc(NN)c(Cl)c1. The van der Waals surface area contributed by atoms with Gasteiger partial charge in [-0.1, -0.05) is 11.6 Å². The zero-order chi connectivity index (χ0) is 14.8. The molecule has 7 nitrogen and oxygen atoms in total. The Morgan fingerprint density at radius 1 is 1.40 bits per heavy atom. The number of nitrogens with two attached hydrogens (primary N) is 1. The van der Waals surface area contributed by atoms with Crippen LogP contribution in [0.2, 0.25) is 5.02 Å². The topological polar surface area (TPSA) is 101 Å². The van der Waals surface area contributed by atoms with Gasteiger partial charge in [-0.15, -0.1) is 0 Å². The predicted octanol–water partition coefficient (Wildman–Crippen LogP) is 1.24. The van der Waals surface area contributed by atoms with Crippen LogP contribution in [0.25, 0.3) is 0 Å². The fourth-order valence-corrected chi connectivity index (χ4v) is 2.94. The summed E-state index contributed by atoms with van der Waals surface area (Å²) in [4.78, 5) is 7.70. The standard InChI is InChI=1S/C11H12ClN5O2S/c1-17(8-3-2-4-14-6-8)20(18,19)9-5-10(12)11(16-13)15-7-9/h2-7H,13H2,1H3,(H,15,16). The van der Waals surface area contributed by atoms with Crippen molar-refractivity contribution in [3.63, 3.8) is 0 Å². The third kappa shape index (κ3) is 2.67. The maximum Gasteiger partial charge on any atom is 0.265 e. The van der Waals surface area contributed by atoms with Crippen molar-refractivity contribution in [1.29, 1.82) is 0 Å². The Kier molecular flexibility index (Phi) is 4.07. The maximum absolute atomic E-state index is 12.4. The lowest BCUT2D eigenvalue weighted by Gasteiger charge is -2.19. The van der Waals surface area contributed by atoms with Gasteiger partial charge < -0.3 is 5.43 Å². The Morgan fingerprint density at radius 3 is 2.70 bits per heavy atom. The van der Waals surface area contributed by atoms with Gasteiger partial charge >= 0.3 is 0 Å². The van der Waals surface area contributed by atoms with E-state index in [-0.39, 0.29) is 15.7 Å². The van der Waals surface area contributed by atoms with E-state index in [0.29, 0.717) is 5.69 Å². The number of hydrogen-bond acceptors (Lipinski definition) is 6. The highest BCUT2D eigenvalue weighted by molar-refractivity contribution is 7.92. The number of aromatic nitrogens is 2. The van der Waals surface area contributed by atoms with E-state index in [1.807, 2.05) is 0 Å². The lowest BCUT2D eigenvalue weighted by Crippen LogP contribution is -2.26. The summed E-state index contributed by atoms with van der Waals surface area (Å²) in [5.74, 6) is 5.40. The van der Waals surface area contributed by atoms with Crippen LogP contribution < -0.4 is 15.6 Å². The highest BCUT2D eigenvalue weighted by Crippen LogP contribution is 2.25. The van der Waals surface area contributed by atoms with Crippen LogP contribution in [0.4, 0.5) is 11.5 Å². The summed E-state index contributed by atoms with van der Waals surface area (Å²) in [6.45, 7) is 0. The van der Waals surface area contributed by atoms with E-state index in [2.05, 4.69) is 15.4 Å². The number of pyridine rings is 2. The summed E-state index contributed by atoms with van der Waals surface area (Å²) in [5.41, 5.74) is 2.71. The molecule has 3 N–H and O–H groups in total. The zero-order valence-corrected chi connectivity index (χ0v) is 12.1. The summed E-state index contributed by atoms with van der Waals surface area (Å²) in [7, 11) is -2.34. The van der Waals surface area contributed by atoms with Gasteiger partial charge in [-0.05, 0) is 18.2 Å². The molecular weight excluding hydrogens is 302 g/mol. The van der Waals surface area contributed by atoms with Crippen LogP contribution >= 0.6 is 11.6 Å². The zero-order valence-electron chi connectivity index (χ0n) is 10.5. The van der Waals surface area contributed by atoms with Crippen molar-refractivity contribution in [3.8, 4) is 0 Å². The Labute approximate surface area is 121 Å². The molecule has 0 fully saturated rings. The first-order chi connectivity index (χ1) is 9.46. The number of nitrogens with one attached hydrogen (secondary N) is 1. The molecule has 2 aromatic heterocycles. The normalized spacial score (nSPS) is 11.2. The lowest BCUT2D eigenvalue weighted by atomic mass is 10.4. The number of nitrogens with zero attached hydrogens (tertiary/aromatic N) is 3. The Bertz CT molecular complexity index is 708. The number of sulfonamides is 1. The van der Waals surface area contributed by atoms with Gasteiger partial charge in [0.15, 0.2) is 5.82 Å². The van der Waals surface area contributed by atoms with Crippen molar-refractivity contribution in [2.24, 2.45) is 5.84 Å². The van der Waals surface area contributed by atoms with E-state index in [9.17, 15) is 8.42 Å². The van der Waals surface area contributed by atoms with Crippen LogP contribution in [0, 0.1) is 0 Å². The Morgan fingerprint density at radius 2 is 2.15 bits per heavy atom. The molecule has 9 heteroatoms. The quantitative estimate of drug-likeness (QED) is 0.650. The molecule has 0 unspecified atom stereocenters. The fraction of sp³-hybridized carbons (Fsp3) is 0.0909. The van der Waals surface area contributed by atoms with Crippen LogP contribution in [0.5, 0.6) is 0 Å². The van der Waals surface area contributed by atoms with E-state index in [1.165, 1.54) is 25.5 Å². The fourth-order valence-electron chi connectivity index (χ4n) is 1.50. The molecule has 106 valence electrons. The second-order valence-corrected chi connectivity index (χ2v) is 6.21. The number of rotatable bonds is 4. The predicted molar refractivity (Wildman–Crippen MR) is 76.9 cm³/mol. The summed E-state index contributed by atoms with van der Waals surface area (Å²) >= 11 is 5.89. The van der Waals surface area contributed by atoms with Crippen LogP contribution in [0.1, 0.15) is 0 Å². The van der Waals surface area contributed by atoms with E-state index in [4.69, 9.17) is 17.4 Å². The van der Waals surface area contributed by atoms with E-state index in [0.717, 1.165) is 4.31 Å². The van der Waals surface area contributed by atoms with Crippen LogP contribution in [0.15, 0.2) is 41.7 Å². The molecule has 0 atom stereocenters. The first-order valence-corrected chi connectivity index (χ1v) is 7.29. The van der Waals surface area contributed by atoms with Crippen LogP contribution in [-0.4, -0.2) is 25.4 Å². The highest BCUT2D eigenvalue weighted by Gasteiger charge is 2.22. The monoisotopic (exact) mass is 313 g/mol. The number of anilines is 2. The molecule has 0 aromatic carbocycles. The van der Waals surface area contributed by atoms with Crippen LogP contribution in [-0.2, 0) is 10.0 Å². The van der Waals surface area contributed by atoms with Crippen molar-refractivity contribution >= 4 is 33.1 Å². The third-order valence-electron chi connectivity index (χ3n) is 2.62. The van der Waals surface area contributed by atoms with Crippen molar-refractivity contribution in [1.82, 2.24) is 9.97 Å². The van der Waals surface area contributed by atoms with Gasteiger partial charge in [0.1, 0.15) is 4.90 Å². The maximum atomic E-state index is 12.4. The summed E-state index contributed by atoms with van der Waals surface area (Å²) in [6.07, 6.45) is 4.19. The highest BCUT2D eigenvalue weighted by atomic mass is 35.5. The van der Waals surface area contributed by atoms with Crippen molar-refractivity contribution in [2.45, 2.75) is 4.90 Å². The third-order valence-corrected chi connectivity index (χ3v) is 4.66. The number of nitrogen functional groups attached to an aromatic ring is 1. The molecule has 0 spiro atoms. The molecule has 0 radical (unpaired) electrons. The van der Waals surface area contributed by atoms with Gasteiger partial charge in [-0.25, -0.2) is 19.2 Å². The van der Waals surface area contributed by atoms with E-state index >= 15 is 0 Å². The van der Waals surface area contributed by atoms with Gasteiger partial charge in [0.25, 0.3) is 10.0 Å². The molecule has 20 heavy (non-hydrogen) atoms. The molecule has 2 rings (SSSR count). The first kappa shape index (κ1) is 14.5. The van der Waals surface area contributed by atoms with E-state index < -0.39 is 10.0 Å². The van der Waals surface area contributed by atoms with Gasteiger partial charge in [0.2, 0.25) is 0 Å². The smallest absolute Gasteiger partial charge is 0.265 e. The molecule has 0 aliphatic heterocycles. The van der Waals surface area contributed by atoms with Crippen molar-refractivity contribution in [3.05, 3.63) is 41.8 Å². The summed E-state index contributed by atoms with van der Waals surface area (Å²) in [5, 5.41) is 0.119. The second kappa shape index (κ2) is 5.61. The molecule has 0 bridgehead atoms. The van der Waals surface area contributed by atoms with Crippen molar-refractivity contribution < 1.29 is 8.42 Å². The molecular formula is C11H12ClN5O2S. The number of hydrazine groups is 1. The Hall–Kier alpha value is -1.90. The van der Waals surface area contributed by atoms with Gasteiger partial charge in [-0.2, -0.15) is 0 Å². The van der Waals surface area contributed by atoms with Gasteiger partial charge in [-0.3, -0.25) is 9.29 Å². The van der Waals surface area contributed by atoms with Gasteiger partial charge in [0, 0.05) is 19.4 Å². The number of hydrogen-bond donors (Lipinski definition) is 2. The molecule has 0 amide bonds. The molecule has 0 aliphatic rings. The minimum Gasteiger partial charge on any atom is -0.307 e. The second-order valence-electron chi connectivity index (χ2n) is 3.83. The van der Waals surface area contributed by atoms with Gasteiger partial charge in [0.05, 0.1) is 16.9 Å². The minimum atomic E-state index is -3.76. The molecule has 0 aliphatic carbocycles. The van der Waals surface area contributed by atoms with Crippen LogP contribution in [0.3, 0.4) is 0 Å². The molecule has 0 saturated heterocycles. The Balaban J connectivity index is 2.43. The average molecular weight is 314 g/mol. The largest absolute Gasteiger partial charge is 0.307 e.